The lowest BCUT2D eigenvalue weighted by molar-refractivity contribution is 0.0270. The first-order valence-electron chi connectivity index (χ1n) is 8.35. The van der Waals surface area contributed by atoms with Gasteiger partial charge in [-0.1, -0.05) is 30.3 Å². The molecule has 0 aliphatic carbocycles. The Morgan fingerprint density at radius 2 is 1.92 bits per heavy atom. The Hall–Kier alpha value is -2.28. The number of benzene rings is 1. The van der Waals surface area contributed by atoms with Gasteiger partial charge in [0.2, 0.25) is 0 Å². The zero-order valence-electron chi connectivity index (χ0n) is 14.9. The van der Waals surface area contributed by atoms with Crippen LogP contribution >= 0.6 is 0 Å². The van der Waals surface area contributed by atoms with Gasteiger partial charge >= 0.3 is 12.2 Å². The molecule has 0 saturated carbocycles. The molecule has 2 amide bonds. The van der Waals surface area contributed by atoms with Gasteiger partial charge in [0.1, 0.15) is 12.2 Å². The summed E-state index contributed by atoms with van der Waals surface area (Å²) in [6.45, 7) is 6.31. The van der Waals surface area contributed by atoms with Crippen molar-refractivity contribution >= 4 is 12.2 Å². The molecule has 0 radical (unpaired) electrons. The lowest BCUT2D eigenvalue weighted by Gasteiger charge is -2.24. The molecule has 2 rings (SSSR count). The SMILES string of the molecule is CC(C)(C)OC(=O)N1CC(CNC(=O)OCc2ccccc2)[C@H](O)C1. The lowest BCUT2D eigenvalue weighted by atomic mass is 10.1. The minimum absolute atomic E-state index is 0.184. The monoisotopic (exact) mass is 350 g/mol. The Morgan fingerprint density at radius 1 is 1.24 bits per heavy atom. The molecule has 138 valence electrons. The van der Waals surface area contributed by atoms with Crippen molar-refractivity contribution in [3.8, 4) is 0 Å². The summed E-state index contributed by atoms with van der Waals surface area (Å²) in [6.07, 6.45) is -1.71. The molecule has 2 N–H and O–H groups in total. The molecule has 1 heterocycles. The highest BCUT2D eigenvalue weighted by Gasteiger charge is 2.36. The van der Waals surface area contributed by atoms with Crippen LogP contribution < -0.4 is 5.32 Å². The predicted octanol–water partition coefficient (Wildman–Crippen LogP) is 2.14. The van der Waals surface area contributed by atoms with Crippen molar-refractivity contribution in [3.63, 3.8) is 0 Å². The molecule has 7 nitrogen and oxygen atoms in total. The highest BCUT2D eigenvalue weighted by Crippen LogP contribution is 2.19. The summed E-state index contributed by atoms with van der Waals surface area (Å²) in [5.74, 6) is -0.253. The fraction of sp³-hybridized carbons (Fsp3) is 0.556. The zero-order valence-corrected chi connectivity index (χ0v) is 14.9. The second-order valence-corrected chi connectivity index (χ2v) is 7.16. The van der Waals surface area contributed by atoms with Gasteiger partial charge < -0.3 is 24.8 Å². The minimum atomic E-state index is -0.707. The van der Waals surface area contributed by atoms with Crippen LogP contribution in [-0.4, -0.2) is 53.5 Å². The molecule has 0 bridgehead atoms. The summed E-state index contributed by atoms with van der Waals surface area (Å²) < 4.78 is 10.4. The van der Waals surface area contributed by atoms with Crippen LogP contribution in [0.3, 0.4) is 0 Å². The molecule has 7 heteroatoms. The van der Waals surface area contributed by atoms with Crippen LogP contribution in [0.5, 0.6) is 0 Å². The largest absolute Gasteiger partial charge is 0.445 e. The average Bonchev–Trinajstić information content (AvgIpc) is 2.91. The van der Waals surface area contributed by atoms with Crippen molar-refractivity contribution in [2.45, 2.75) is 39.1 Å². The number of ether oxygens (including phenoxy) is 2. The molecule has 1 aromatic carbocycles. The molecule has 1 aliphatic heterocycles. The standard InChI is InChI=1S/C18H26N2O5/c1-18(2,3)25-17(23)20-10-14(15(21)11-20)9-19-16(22)24-12-13-7-5-4-6-8-13/h4-8,14-15,21H,9-12H2,1-3H3,(H,19,22)/t14?,15-/m1/s1. The Kier molecular flexibility index (Phi) is 6.25. The number of aliphatic hydroxyl groups excluding tert-OH is 1. The van der Waals surface area contributed by atoms with E-state index in [0.717, 1.165) is 5.56 Å². The summed E-state index contributed by atoms with van der Waals surface area (Å²) in [6, 6.07) is 9.37. The Bertz CT molecular complexity index is 585. The van der Waals surface area contributed by atoms with Crippen LogP contribution in [0.25, 0.3) is 0 Å². The van der Waals surface area contributed by atoms with E-state index in [1.54, 1.807) is 20.8 Å². The normalized spacial score (nSPS) is 20.2. The second-order valence-electron chi connectivity index (χ2n) is 7.16. The summed E-state index contributed by atoms with van der Waals surface area (Å²) in [5.41, 5.74) is 0.314. The van der Waals surface area contributed by atoms with Gasteiger partial charge in [-0.05, 0) is 26.3 Å². The van der Waals surface area contributed by atoms with Crippen LogP contribution in [0.1, 0.15) is 26.3 Å². The van der Waals surface area contributed by atoms with E-state index in [2.05, 4.69) is 5.32 Å². The summed E-state index contributed by atoms with van der Waals surface area (Å²) >= 11 is 0. The van der Waals surface area contributed by atoms with Crippen molar-refractivity contribution in [2.75, 3.05) is 19.6 Å². The third kappa shape index (κ3) is 6.26. The van der Waals surface area contributed by atoms with E-state index < -0.39 is 23.9 Å². The Labute approximate surface area is 147 Å². The third-order valence-electron chi connectivity index (χ3n) is 3.78. The van der Waals surface area contributed by atoms with Crippen molar-refractivity contribution in [1.29, 1.82) is 0 Å². The molecule has 25 heavy (non-hydrogen) atoms. The second kappa shape index (κ2) is 8.20. The van der Waals surface area contributed by atoms with E-state index in [0.29, 0.717) is 6.54 Å². The maximum atomic E-state index is 12.0. The zero-order chi connectivity index (χ0) is 18.4. The first kappa shape index (κ1) is 19.1. The van der Waals surface area contributed by atoms with E-state index in [-0.39, 0.29) is 25.6 Å². The van der Waals surface area contributed by atoms with Crippen LogP contribution in [0.2, 0.25) is 0 Å². The van der Waals surface area contributed by atoms with E-state index in [1.165, 1.54) is 4.90 Å². The number of alkyl carbamates (subject to hydrolysis) is 1. The number of likely N-dealkylation sites (tertiary alicyclic amines) is 1. The van der Waals surface area contributed by atoms with E-state index in [1.807, 2.05) is 30.3 Å². The number of aliphatic hydroxyl groups is 1. The summed E-state index contributed by atoms with van der Waals surface area (Å²) in [4.78, 5) is 25.2. The van der Waals surface area contributed by atoms with E-state index in [4.69, 9.17) is 9.47 Å². The van der Waals surface area contributed by atoms with Gasteiger partial charge in [0.05, 0.1) is 12.6 Å². The van der Waals surface area contributed by atoms with Gasteiger partial charge in [0.15, 0.2) is 0 Å². The molecule has 1 fully saturated rings. The fourth-order valence-electron chi connectivity index (χ4n) is 2.52. The average molecular weight is 350 g/mol. The van der Waals surface area contributed by atoms with Gasteiger partial charge in [-0.2, -0.15) is 0 Å². The molecule has 1 aromatic rings. The van der Waals surface area contributed by atoms with Gasteiger partial charge in [-0.25, -0.2) is 9.59 Å². The summed E-state index contributed by atoms with van der Waals surface area (Å²) in [7, 11) is 0. The van der Waals surface area contributed by atoms with E-state index >= 15 is 0 Å². The third-order valence-corrected chi connectivity index (χ3v) is 3.78. The Balaban J connectivity index is 1.73. The molecular weight excluding hydrogens is 324 g/mol. The van der Waals surface area contributed by atoms with Crippen LogP contribution in [-0.2, 0) is 16.1 Å². The first-order valence-corrected chi connectivity index (χ1v) is 8.35. The molecule has 2 atom stereocenters. The first-order chi connectivity index (χ1) is 11.7. The number of nitrogens with one attached hydrogen (secondary N) is 1. The molecule has 0 aromatic heterocycles. The molecule has 0 spiro atoms. The highest BCUT2D eigenvalue weighted by molar-refractivity contribution is 5.69. The number of carbonyl (C=O) groups excluding carboxylic acids is 2. The predicted molar refractivity (Wildman–Crippen MR) is 91.9 cm³/mol. The number of hydrogen-bond donors (Lipinski definition) is 2. The number of hydrogen-bond acceptors (Lipinski definition) is 5. The summed E-state index contributed by atoms with van der Waals surface area (Å²) in [5, 5.41) is 12.7. The number of amides is 2. The van der Waals surface area contributed by atoms with Gasteiger partial charge in [-0.3, -0.25) is 0 Å². The number of nitrogens with zero attached hydrogens (tertiary/aromatic N) is 1. The molecule has 1 saturated heterocycles. The Morgan fingerprint density at radius 3 is 2.56 bits per heavy atom. The topological polar surface area (TPSA) is 88.1 Å². The van der Waals surface area contributed by atoms with E-state index in [9.17, 15) is 14.7 Å². The molecular formula is C18H26N2O5. The molecule has 1 aliphatic rings. The quantitative estimate of drug-likeness (QED) is 0.869. The van der Waals surface area contributed by atoms with Crippen molar-refractivity contribution in [1.82, 2.24) is 10.2 Å². The number of carbonyl (C=O) groups is 2. The van der Waals surface area contributed by atoms with Crippen LogP contribution in [0.4, 0.5) is 9.59 Å². The van der Waals surface area contributed by atoms with Gasteiger partial charge in [0, 0.05) is 19.0 Å². The van der Waals surface area contributed by atoms with Gasteiger partial charge in [-0.15, -0.1) is 0 Å². The maximum absolute atomic E-state index is 12.0. The van der Waals surface area contributed by atoms with Crippen molar-refractivity contribution < 1.29 is 24.2 Å². The molecule has 1 unspecified atom stereocenters. The minimum Gasteiger partial charge on any atom is -0.445 e. The van der Waals surface area contributed by atoms with Crippen molar-refractivity contribution in [3.05, 3.63) is 35.9 Å². The number of β-amino-alcohol motifs (C(OH)–C–C–N with tert-alkyl or cyclic N) is 1. The maximum Gasteiger partial charge on any atom is 0.410 e. The highest BCUT2D eigenvalue weighted by atomic mass is 16.6. The van der Waals surface area contributed by atoms with Gasteiger partial charge in [0.25, 0.3) is 0 Å². The fourth-order valence-corrected chi connectivity index (χ4v) is 2.52. The smallest absolute Gasteiger partial charge is 0.410 e. The number of rotatable bonds is 4. The lowest BCUT2D eigenvalue weighted by Crippen LogP contribution is -2.36. The van der Waals surface area contributed by atoms with Crippen LogP contribution in [0.15, 0.2) is 30.3 Å². The van der Waals surface area contributed by atoms with Crippen LogP contribution in [0, 0.1) is 5.92 Å². The van der Waals surface area contributed by atoms with Crippen molar-refractivity contribution in [2.24, 2.45) is 5.92 Å².